The Hall–Kier alpha value is -0.160. The molecule has 3 fully saturated rings. The fraction of sp³-hybridized carbons (Fsp3) is 1.00. The first-order chi connectivity index (χ1) is 11.6. The van der Waals surface area contributed by atoms with Crippen LogP contribution in [0, 0.1) is 0 Å². The number of likely N-dealkylation sites (N-methyl/N-ethyl adjacent to an activating group) is 2. The maximum atomic E-state index is 2.67. The van der Waals surface area contributed by atoms with Gasteiger partial charge in [0, 0.05) is 64.4 Å². The van der Waals surface area contributed by atoms with Crippen LogP contribution in [0.3, 0.4) is 0 Å². The summed E-state index contributed by atoms with van der Waals surface area (Å²) >= 11 is 0. The number of nitrogens with zero attached hydrogens (tertiary/aromatic N) is 4. The first-order valence-electron chi connectivity index (χ1n) is 10.6. The Labute approximate surface area is 152 Å². The summed E-state index contributed by atoms with van der Waals surface area (Å²) in [5.74, 6) is 0. The van der Waals surface area contributed by atoms with Gasteiger partial charge in [-0.1, -0.05) is 27.7 Å². The van der Waals surface area contributed by atoms with Crippen molar-refractivity contribution in [3.8, 4) is 0 Å². The minimum Gasteiger partial charge on any atom is -0.301 e. The second-order valence-electron chi connectivity index (χ2n) is 7.27. The SMILES string of the molecule is CC.CC(C)N1CCN(C2CC2)CC1.CCN1CCN(CC)CC1. The van der Waals surface area contributed by atoms with E-state index >= 15 is 0 Å². The molecule has 3 aliphatic rings. The molecule has 0 radical (unpaired) electrons. The third-order valence-electron chi connectivity index (χ3n) is 5.50. The van der Waals surface area contributed by atoms with Crippen LogP contribution in [0.4, 0.5) is 0 Å². The average molecular weight is 341 g/mol. The largest absolute Gasteiger partial charge is 0.301 e. The Kier molecular flexibility index (Phi) is 11.2. The minimum absolute atomic E-state index is 0.742. The van der Waals surface area contributed by atoms with Gasteiger partial charge in [0.2, 0.25) is 0 Å². The molecule has 0 bridgehead atoms. The van der Waals surface area contributed by atoms with Crippen molar-refractivity contribution >= 4 is 0 Å². The van der Waals surface area contributed by atoms with Gasteiger partial charge in [-0.2, -0.15) is 0 Å². The van der Waals surface area contributed by atoms with Crippen LogP contribution in [0.25, 0.3) is 0 Å². The molecule has 4 nitrogen and oxygen atoms in total. The van der Waals surface area contributed by atoms with E-state index in [0.717, 1.165) is 12.1 Å². The van der Waals surface area contributed by atoms with E-state index in [1.807, 2.05) is 13.8 Å². The molecule has 0 unspecified atom stereocenters. The zero-order valence-corrected chi connectivity index (χ0v) is 17.4. The predicted octanol–water partition coefficient (Wildman–Crippen LogP) is 2.84. The Balaban J connectivity index is 0.000000221. The molecule has 0 atom stereocenters. The molecule has 0 N–H and O–H groups in total. The van der Waals surface area contributed by atoms with Gasteiger partial charge in [0.1, 0.15) is 0 Å². The Morgan fingerprint density at radius 3 is 1.42 bits per heavy atom. The van der Waals surface area contributed by atoms with E-state index in [1.165, 1.54) is 78.3 Å². The van der Waals surface area contributed by atoms with Crippen molar-refractivity contribution in [3.63, 3.8) is 0 Å². The number of hydrogen-bond acceptors (Lipinski definition) is 4. The Bertz CT molecular complexity index is 266. The summed E-state index contributed by atoms with van der Waals surface area (Å²) in [5, 5.41) is 0. The highest BCUT2D eigenvalue weighted by Gasteiger charge is 2.31. The molecule has 0 aromatic heterocycles. The van der Waals surface area contributed by atoms with Crippen LogP contribution in [0.2, 0.25) is 0 Å². The van der Waals surface area contributed by atoms with Crippen LogP contribution in [-0.4, -0.2) is 97.1 Å². The second-order valence-corrected chi connectivity index (χ2v) is 7.27. The molecule has 144 valence electrons. The normalized spacial score (nSPS) is 24.1. The van der Waals surface area contributed by atoms with E-state index in [4.69, 9.17) is 0 Å². The quantitative estimate of drug-likeness (QED) is 0.780. The maximum absolute atomic E-state index is 2.67. The van der Waals surface area contributed by atoms with Crippen molar-refractivity contribution < 1.29 is 0 Å². The lowest BCUT2D eigenvalue weighted by Gasteiger charge is -2.37. The molecule has 0 amide bonds. The zero-order chi connectivity index (χ0) is 17.9. The van der Waals surface area contributed by atoms with E-state index in [0.29, 0.717) is 0 Å². The summed E-state index contributed by atoms with van der Waals surface area (Å²) in [6.45, 7) is 25.8. The van der Waals surface area contributed by atoms with Gasteiger partial charge in [-0.05, 0) is 39.8 Å². The number of hydrogen-bond donors (Lipinski definition) is 0. The van der Waals surface area contributed by atoms with Crippen molar-refractivity contribution in [2.45, 2.75) is 66.5 Å². The molecule has 3 rings (SSSR count). The van der Waals surface area contributed by atoms with Crippen molar-refractivity contribution in [1.29, 1.82) is 0 Å². The van der Waals surface area contributed by atoms with Gasteiger partial charge in [0.05, 0.1) is 0 Å². The molecule has 1 saturated carbocycles. The molecular weight excluding hydrogens is 296 g/mol. The highest BCUT2D eigenvalue weighted by Crippen LogP contribution is 2.27. The van der Waals surface area contributed by atoms with Crippen molar-refractivity contribution in [2.75, 3.05) is 65.4 Å². The molecule has 2 heterocycles. The fourth-order valence-electron chi connectivity index (χ4n) is 3.48. The first-order valence-corrected chi connectivity index (χ1v) is 10.6. The number of piperazine rings is 2. The summed E-state index contributed by atoms with van der Waals surface area (Å²) in [5.41, 5.74) is 0. The van der Waals surface area contributed by atoms with Gasteiger partial charge in [-0.15, -0.1) is 0 Å². The van der Waals surface area contributed by atoms with Gasteiger partial charge in [-0.3, -0.25) is 9.80 Å². The summed E-state index contributed by atoms with van der Waals surface area (Å²) in [6, 6.07) is 1.71. The van der Waals surface area contributed by atoms with Crippen LogP contribution in [-0.2, 0) is 0 Å². The van der Waals surface area contributed by atoms with Crippen molar-refractivity contribution in [1.82, 2.24) is 19.6 Å². The van der Waals surface area contributed by atoms with Gasteiger partial charge in [0.25, 0.3) is 0 Å². The molecule has 1 aliphatic carbocycles. The molecule has 4 heteroatoms. The Morgan fingerprint density at radius 1 is 0.708 bits per heavy atom. The lowest BCUT2D eigenvalue weighted by atomic mass is 10.2. The van der Waals surface area contributed by atoms with E-state index < -0.39 is 0 Å². The monoisotopic (exact) mass is 340 g/mol. The third kappa shape index (κ3) is 7.81. The van der Waals surface area contributed by atoms with E-state index in [-0.39, 0.29) is 0 Å². The van der Waals surface area contributed by atoms with Gasteiger partial charge in [-0.25, -0.2) is 0 Å². The lowest BCUT2D eigenvalue weighted by molar-refractivity contribution is 0.103. The average Bonchev–Trinajstić information content (AvgIpc) is 3.49. The van der Waals surface area contributed by atoms with Crippen LogP contribution >= 0.6 is 0 Å². The maximum Gasteiger partial charge on any atom is 0.0113 e. The smallest absolute Gasteiger partial charge is 0.0113 e. The van der Waals surface area contributed by atoms with Crippen LogP contribution in [0.5, 0.6) is 0 Å². The number of rotatable bonds is 4. The second kappa shape index (κ2) is 12.2. The summed E-state index contributed by atoms with van der Waals surface area (Å²) in [6.07, 6.45) is 2.92. The molecular formula is C20H44N4. The first kappa shape index (κ1) is 21.9. The predicted molar refractivity (Wildman–Crippen MR) is 107 cm³/mol. The van der Waals surface area contributed by atoms with E-state index in [1.54, 1.807) is 0 Å². The minimum atomic E-state index is 0.742. The molecule has 2 aliphatic heterocycles. The highest BCUT2D eigenvalue weighted by molar-refractivity contribution is 4.87. The topological polar surface area (TPSA) is 13.0 Å². The molecule has 24 heavy (non-hydrogen) atoms. The van der Waals surface area contributed by atoms with Crippen LogP contribution in [0.1, 0.15) is 54.4 Å². The standard InChI is InChI=1S/C10H20N2.C8H18N2.C2H6/c1-9(2)11-5-7-12(8-6-11)10-3-4-10;1-3-9-5-7-10(4-2)8-6-9;1-2/h9-10H,3-8H2,1-2H3;3-8H2,1-2H3;1-2H3. The summed E-state index contributed by atoms with van der Waals surface area (Å²) in [4.78, 5) is 10.3. The Morgan fingerprint density at radius 2 is 1.12 bits per heavy atom. The molecule has 0 spiro atoms. The molecule has 2 saturated heterocycles. The third-order valence-corrected chi connectivity index (χ3v) is 5.50. The molecule has 0 aromatic rings. The van der Waals surface area contributed by atoms with Gasteiger partial charge < -0.3 is 9.80 Å². The van der Waals surface area contributed by atoms with Crippen molar-refractivity contribution in [2.24, 2.45) is 0 Å². The fourth-order valence-corrected chi connectivity index (χ4v) is 3.48. The zero-order valence-electron chi connectivity index (χ0n) is 17.4. The van der Waals surface area contributed by atoms with Gasteiger partial charge >= 0.3 is 0 Å². The van der Waals surface area contributed by atoms with E-state index in [9.17, 15) is 0 Å². The lowest BCUT2D eigenvalue weighted by Crippen LogP contribution is -2.49. The summed E-state index contributed by atoms with van der Waals surface area (Å²) in [7, 11) is 0. The van der Waals surface area contributed by atoms with Crippen LogP contribution in [0.15, 0.2) is 0 Å². The van der Waals surface area contributed by atoms with E-state index in [2.05, 4.69) is 47.3 Å². The van der Waals surface area contributed by atoms with Crippen molar-refractivity contribution in [3.05, 3.63) is 0 Å². The highest BCUT2D eigenvalue weighted by atomic mass is 15.3. The van der Waals surface area contributed by atoms with Crippen LogP contribution < -0.4 is 0 Å². The van der Waals surface area contributed by atoms with Gasteiger partial charge in [0.15, 0.2) is 0 Å². The summed E-state index contributed by atoms with van der Waals surface area (Å²) < 4.78 is 0. The molecule has 0 aromatic carbocycles.